The highest BCUT2D eigenvalue weighted by molar-refractivity contribution is 6.08. The molecule has 0 bridgehead atoms. The summed E-state index contributed by atoms with van der Waals surface area (Å²) < 4.78 is 0. The second-order valence-electron chi connectivity index (χ2n) is 6.51. The zero-order valence-corrected chi connectivity index (χ0v) is 13.7. The third-order valence-corrected chi connectivity index (χ3v) is 5.10. The van der Waals surface area contributed by atoms with Gasteiger partial charge in [-0.25, -0.2) is 0 Å². The van der Waals surface area contributed by atoms with Gasteiger partial charge in [-0.3, -0.25) is 9.78 Å². The van der Waals surface area contributed by atoms with Crippen LogP contribution < -0.4 is 5.32 Å². The van der Waals surface area contributed by atoms with Crippen molar-refractivity contribution in [3.63, 3.8) is 0 Å². The van der Waals surface area contributed by atoms with Crippen LogP contribution in [0.25, 0.3) is 10.9 Å². The van der Waals surface area contributed by atoms with Crippen LogP contribution in [-0.2, 0) is 19.3 Å². The minimum absolute atomic E-state index is 0.199. The fraction of sp³-hybridized carbons (Fsp3) is 0.474. The van der Waals surface area contributed by atoms with Crippen LogP contribution in [0, 0.1) is 0 Å². The molecule has 0 radical (unpaired) electrons. The Balaban J connectivity index is 1.89. The topological polar surface area (TPSA) is 45.2 Å². The number of hydrogen-bond acceptors (Lipinski definition) is 3. The second kappa shape index (κ2) is 5.93. The van der Waals surface area contributed by atoms with Crippen LogP contribution in [0.1, 0.15) is 40.5 Å². The predicted octanol–water partition coefficient (Wildman–Crippen LogP) is 2.33. The molecule has 1 saturated heterocycles. The molecule has 0 saturated carbocycles. The van der Waals surface area contributed by atoms with Crippen molar-refractivity contribution in [3.8, 4) is 0 Å². The van der Waals surface area contributed by atoms with E-state index in [1.165, 1.54) is 11.1 Å². The van der Waals surface area contributed by atoms with Gasteiger partial charge in [0.1, 0.15) is 0 Å². The molecule has 4 rings (SSSR count). The van der Waals surface area contributed by atoms with E-state index in [9.17, 15) is 4.79 Å². The fourth-order valence-electron chi connectivity index (χ4n) is 3.80. The number of benzene rings is 1. The molecule has 1 fully saturated rings. The van der Waals surface area contributed by atoms with Gasteiger partial charge >= 0.3 is 0 Å². The molecule has 4 heteroatoms. The van der Waals surface area contributed by atoms with Gasteiger partial charge in [0.2, 0.25) is 0 Å². The predicted molar refractivity (Wildman–Crippen MR) is 91.9 cm³/mol. The van der Waals surface area contributed by atoms with Crippen molar-refractivity contribution in [3.05, 3.63) is 40.6 Å². The van der Waals surface area contributed by atoms with Crippen LogP contribution in [0.3, 0.4) is 0 Å². The number of piperazine rings is 1. The van der Waals surface area contributed by atoms with Gasteiger partial charge in [-0.2, -0.15) is 0 Å². The summed E-state index contributed by atoms with van der Waals surface area (Å²) >= 11 is 0. The Morgan fingerprint density at radius 1 is 1.26 bits per heavy atom. The normalized spacial score (nSPS) is 17.5. The van der Waals surface area contributed by atoms with E-state index in [0.717, 1.165) is 74.0 Å². The van der Waals surface area contributed by atoms with E-state index in [-0.39, 0.29) is 5.91 Å². The number of rotatable bonds is 2. The molecule has 1 N–H and O–H groups in total. The number of aromatic nitrogens is 1. The van der Waals surface area contributed by atoms with Crippen LogP contribution in [0.15, 0.2) is 18.2 Å². The molecule has 2 heterocycles. The zero-order chi connectivity index (χ0) is 15.8. The molecule has 0 unspecified atom stereocenters. The molecule has 1 aliphatic heterocycles. The molecular formula is C19H23N3O. The Labute approximate surface area is 136 Å². The van der Waals surface area contributed by atoms with E-state index in [0.29, 0.717) is 0 Å². The maximum atomic E-state index is 13.2. The highest BCUT2D eigenvalue weighted by atomic mass is 16.2. The molecule has 1 aliphatic carbocycles. The molecule has 0 spiro atoms. The molecule has 4 nitrogen and oxygen atoms in total. The average Bonchev–Trinajstić information content (AvgIpc) is 3.07. The van der Waals surface area contributed by atoms with Gasteiger partial charge in [0.25, 0.3) is 5.91 Å². The summed E-state index contributed by atoms with van der Waals surface area (Å²) in [5.74, 6) is 0.199. The molecule has 120 valence electrons. The van der Waals surface area contributed by atoms with Gasteiger partial charge in [0.05, 0.1) is 11.1 Å². The largest absolute Gasteiger partial charge is 0.336 e. The monoisotopic (exact) mass is 309 g/mol. The van der Waals surface area contributed by atoms with E-state index < -0.39 is 0 Å². The summed E-state index contributed by atoms with van der Waals surface area (Å²) in [7, 11) is 0. The lowest BCUT2D eigenvalue weighted by atomic mass is 9.97. The average molecular weight is 309 g/mol. The van der Waals surface area contributed by atoms with E-state index >= 15 is 0 Å². The number of nitrogens with one attached hydrogen (secondary N) is 1. The zero-order valence-electron chi connectivity index (χ0n) is 13.7. The van der Waals surface area contributed by atoms with Crippen molar-refractivity contribution >= 4 is 16.8 Å². The van der Waals surface area contributed by atoms with Gasteiger partial charge in [0, 0.05) is 37.3 Å². The van der Waals surface area contributed by atoms with Crippen LogP contribution >= 0.6 is 0 Å². The van der Waals surface area contributed by atoms with Crippen LogP contribution in [0.2, 0.25) is 0 Å². The van der Waals surface area contributed by atoms with E-state index in [4.69, 9.17) is 4.98 Å². The Hall–Kier alpha value is -1.94. The molecule has 2 aromatic rings. The van der Waals surface area contributed by atoms with Gasteiger partial charge in [-0.05, 0) is 48.9 Å². The summed E-state index contributed by atoms with van der Waals surface area (Å²) in [5, 5.41) is 4.37. The summed E-state index contributed by atoms with van der Waals surface area (Å²) in [6.45, 7) is 5.52. The molecule has 23 heavy (non-hydrogen) atoms. The lowest BCUT2D eigenvalue weighted by Crippen LogP contribution is -2.46. The van der Waals surface area contributed by atoms with Crippen LogP contribution in [-0.4, -0.2) is 42.0 Å². The smallest absolute Gasteiger partial charge is 0.254 e. The summed E-state index contributed by atoms with van der Waals surface area (Å²) in [6, 6.07) is 6.40. The first-order chi connectivity index (χ1) is 11.3. The van der Waals surface area contributed by atoms with Crippen molar-refractivity contribution in [2.75, 3.05) is 26.2 Å². The SMILES string of the molecule is CCc1ccc2nc3c(c(C(=O)N4CCNCC4)c2c1)CCC3. The Bertz CT molecular complexity index is 763. The summed E-state index contributed by atoms with van der Waals surface area (Å²) in [4.78, 5) is 20.1. The van der Waals surface area contributed by atoms with Crippen molar-refractivity contribution in [2.24, 2.45) is 0 Å². The number of nitrogens with zero attached hydrogens (tertiary/aromatic N) is 2. The standard InChI is InChI=1S/C19H23N3O/c1-2-13-6-7-17-15(12-13)18(14-4-3-5-16(14)21-17)19(23)22-10-8-20-9-11-22/h6-7,12,20H,2-5,8-11H2,1H3. The van der Waals surface area contributed by atoms with Crippen molar-refractivity contribution in [1.82, 2.24) is 15.2 Å². The number of carbonyl (C=O) groups excluding carboxylic acids is 1. The lowest BCUT2D eigenvalue weighted by molar-refractivity contribution is 0.0736. The molecule has 1 aromatic heterocycles. The minimum atomic E-state index is 0.199. The first kappa shape index (κ1) is 14.6. The number of aryl methyl sites for hydroxylation is 2. The molecule has 1 amide bonds. The number of amides is 1. The first-order valence-electron chi connectivity index (χ1n) is 8.72. The van der Waals surface area contributed by atoms with Crippen molar-refractivity contribution in [2.45, 2.75) is 32.6 Å². The lowest BCUT2D eigenvalue weighted by Gasteiger charge is -2.28. The van der Waals surface area contributed by atoms with Crippen LogP contribution in [0.4, 0.5) is 0 Å². The minimum Gasteiger partial charge on any atom is -0.336 e. The highest BCUT2D eigenvalue weighted by Crippen LogP contribution is 2.31. The Morgan fingerprint density at radius 3 is 2.87 bits per heavy atom. The van der Waals surface area contributed by atoms with E-state index in [1.54, 1.807) is 0 Å². The van der Waals surface area contributed by atoms with Crippen molar-refractivity contribution in [1.29, 1.82) is 0 Å². The number of pyridine rings is 1. The number of carbonyl (C=O) groups is 1. The second-order valence-corrected chi connectivity index (χ2v) is 6.51. The third kappa shape index (κ3) is 2.51. The summed E-state index contributed by atoms with van der Waals surface area (Å²) in [5.41, 5.74) is 5.52. The Morgan fingerprint density at radius 2 is 2.09 bits per heavy atom. The van der Waals surface area contributed by atoms with Gasteiger partial charge in [-0.1, -0.05) is 13.0 Å². The van der Waals surface area contributed by atoms with E-state index in [2.05, 4.69) is 30.4 Å². The van der Waals surface area contributed by atoms with Gasteiger partial charge in [-0.15, -0.1) is 0 Å². The number of fused-ring (bicyclic) bond motifs is 2. The van der Waals surface area contributed by atoms with Crippen LogP contribution in [0.5, 0.6) is 0 Å². The molecular weight excluding hydrogens is 286 g/mol. The molecule has 1 aromatic carbocycles. The first-order valence-corrected chi connectivity index (χ1v) is 8.72. The van der Waals surface area contributed by atoms with Crippen molar-refractivity contribution < 1.29 is 4.79 Å². The molecule has 0 atom stereocenters. The number of hydrogen-bond donors (Lipinski definition) is 1. The highest BCUT2D eigenvalue weighted by Gasteiger charge is 2.27. The van der Waals surface area contributed by atoms with Gasteiger partial charge < -0.3 is 10.2 Å². The summed E-state index contributed by atoms with van der Waals surface area (Å²) in [6.07, 6.45) is 4.08. The quantitative estimate of drug-likeness (QED) is 0.926. The fourth-order valence-corrected chi connectivity index (χ4v) is 3.80. The third-order valence-electron chi connectivity index (χ3n) is 5.10. The van der Waals surface area contributed by atoms with Gasteiger partial charge in [0.15, 0.2) is 0 Å². The van der Waals surface area contributed by atoms with E-state index in [1.807, 2.05) is 4.90 Å². The molecule has 2 aliphatic rings. The maximum Gasteiger partial charge on any atom is 0.254 e. The Kier molecular flexibility index (Phi) is 3.77. The maximum absolute atomic E-state index is 13.2.